The van der Waals surface area contributed by atoms with Crippen LogP contribution in [0.15, 0.2) is 18.2 Å². The molecule has 1 aromatic rings. The minimum atomic E-state index is 0.0933. The number of benzene rings is 1. The van der Waals surface area contributed by atoms with E-state index in [2.05, 4.69) is 18.7 Å². The zero-order chi connectivity index (χ0) is 14.5. The summed E-state index contributed by atoms with van der Waals surface area (Å²) in [5.74, 6) is 0.755. The van der Waals surface area contributed by atoms with Crippen molar-refractivity contribution < 1.29 is 9.47 Å². The summed E-state index contributed by atoms with van der Waals surface area (Å²) in [7, 11) is 0. The van der Waals surface area contributed by atoms with Crippen LogP contribution in [0.4, 0.5) is 0 Å². The van der Waals surface area contributed by atoms with Crippen LogP contribution in [0.1, 0.15) is 19.4 Å². The molecule has 1 atom stereocenters. The Balaban J connectivity index is 1.93. The molecule has 4 nitrogen and oxygen atoms in total. The summed E-state index contributed by atoms with van der Waals surface area (Å²) in [6.07, 6.45) is 0.0933. The van der Waals surface area contributed by atoms with Crippen LogP contribution in [0.3, 0.4) is 0 Å². The highest BCUT2D eigenvalue weighted by atomic mass is 35.5. The van der Waals surface area contributed by atoms with Gasteiger partial charge < -0.3 is 15.2 Å². The molecule has 1 fully saturated rings. The Kier molecular flexibility index (Phi) is 5.66. The minimum absolute atomic E-state index is 0.0933. The Morgan fingerprint density at radius 2 is 2.30 bits per heavy atom. The topological polar surface area (TPSA) is 47.7 Å². The number of hydrogen-bond acceptors (Lipinski definition) is 4. The quantitative estimate of drug-likeness (QED) is 0.906. The number of morpholine rings is 1. The first kappa shape index (κ1) is 15.6. The number of hydrogen-bond donors (Lipinski definition) is 1. The number of halogens is 1. The number of rotatable bonds is 5. The van der Waals surface area contributed by atoms with Crippen molar-refractivity contribution in [2.24, 2.45) is 5.73 Å². The molecule has 1 unspecified atom stereocenters. The summed E-state index contributed by atoms with van der Waals surface area (Å²) in [5, 5.41) is 0.651. The van der Waals surface area contributed by atoms with E-state index in [1.165, 1.54) is 0 Å². The summed E-state index contributed by atoms with van der Waals surface area (Å²) in [5.41, 5.74) is 6.57. The van der Waals surface area contributed by atoms with Crippen LogP contribution in [0.5, 0.6) is 5.75 Å². The zero-order valence-corrected chi connectivity index (χ0v) is 12.9. The Hall–Kier alpha value is -0.810. The van der Waals surface area contributed by atoms with Crippen LogP contribution in [0.2, 0.25) is 5.02 Å². The lowest BCUT2D eigenvalue weighted by atomic mass is 10.2. The normalized spacial score (nSPS) is 20.4. The molecule has 0 spiro atoms. The maximum absolute atomic E-state index is 6.12. The van der Waals surface area contributed by atoms with Crippen molar-refractivity contribution >= 4 is 11.6 Å². The van der Waals surface area contributed by atoms with Crippen LogP contribution in [0, 0.1) is 0 Å². The Bertz CT molecular complexity index is 440. The van der Waals surface area contributed by atoms with Gasteiger partial charge in [0.25, 0.3) is 0 Å². The number of nitrogens with two attached hydrogens (primary N) is 1. The lowest BCUT2D eigenvalue weighted by Crippen LogP contribution is -2.47. The predicted molar refractivity (Wildman–Crippen MR) is 81.3 cm³/mol. The Morgan fingerprint density at radius 3 is 3.00 bits per heavy atom. The standard InChI is InChI=1S/C15H23ClN2O2/c1-11(2)18-6-7-19-12(9-18)10-20-15-5-3-4-14(16)13(15)8-17/h3-5,11-12H,6-10,17H2,1-2H3. The van der Waals surface area contributed by atoms with Crippen LogP contribution in [-0.2, 0) is 11.3 Å². The molecule has 0 amide bonds. The third-order valence-corrected chi connectivity index (χ3v) is 3.96. The van der Waals surface area contributed by atoms with Gasteiger partial charge in [-0.2, -0.15) is 0 Å². The molecule has 0 aromatic heterocycles. The molecule has 1 aliphatic rings. The molecule has 0 bridgehead atoms. The predicted octanol–water partition coefficient (Wildman–Crippen LogP) is 2.29. The highest BCUT2D eigenvalue weighted by molar-refractivity contribution is 6.31. The second-order valence-corrected chi connectivity index (χ2v) is 5.72. The molecule has 0 aliphatic carbocycles. The second-order valence-electron chi connectivity index (χ2n) is 5.31. The Labute approximate surface area is 125 Å². The summed E-state index contributed by atoms with van der Waals surface area (Å²) in [4.78, 5) is 2.40. The van der Waals surface area contributed by atoms with Gasteiger partial charge in [0.2, 0.25) is 0 Å². The molecular weight excluding hydrogens is 276 g/mol. The number of nitrogens with zero attached hydrogens (tertiary/aromatic N) is 1. The minimum Gasteiger partial charge on any atom is -0.490 e. The van der Waals surface area contributed by atoms with Gasteiger partial charge in [0.05, 0.1) is 6.61 Å². The average molecular weight is 299 g/mol. The van der Waals surface area contributed by atoms with E-state index in [4.69, 9.17) is 26.8 Å². The van der Waals surface area contributed by atoms with Crippen molar-refractivity contribution in [3.05, 3.63) is 28.8 Å². The first-order valence-corrected chi connectivity index (χ1v) is 7.45. The fourth-order valence-electron chi connectivity index (χ4n) is 2.37. The monoisotopic (exact) mass is 298 g/mol. The van der Waals surface area contributed by atoms with Gasteiger partial charge in [-0.25, -0.2) is 0 Å². The van der Waals surface area contributed by atoms with Gasteiger partial charge in [-0.3, -0.25) is 4.90 Å². The molecule has 1 aromatic carbocycles. The molecule has 0 saturated carbocycles. The van der Waals surface area contributed by atoms with Crippen LogP contribution < -0.4 is 10.5 Å². The maximum Gasteiger partial charge on any atom is 0.125 e. The van der Waals surface area contributed by atoms with Crippen molar-refractivity contribution in [2.75, 3.05) is 26.3 Å². The molecule has 1 aliphatic heterocycles. The summed E-state index contributed by atoms with van der Waals surface area (Å²) in [6.45, 7) is 7.94. The molecule has 112 valence electrons. The third kappa shape index (κ3) is 3.85. The molecule has 1 heterocycles. The lowest BCUT2D eigenvalue weighted by molar-refractivity contribution is -0.0565. The van der Waals surface area contributed by atoms with Crippen LogP contribution >= 0.6 is 11.6 Å². The summed E-state index contributed by atoms with van der Waals surface area (Å²) >= 11 is 6.12. The van der Waals surface area contributed by atoms with E-state index in [1.54, 1.807) is 0 Å². The van der Waals surface area contributed by atoms with Crippen molar-refractivity contribution in [3.63, 3.8) is 0 Å². The van der Waals surface area contributed by atoms with E-state index >= 15 is 0 Å². The van der Waals surface area contributed by atoms with Gasteiger partial charge in [-0.05, 0) is 26.0 Å². The molecule has 1 saturated heterocycles. The molecule has 20 heavy (non-hydrogen) atoms. The van der Waals surface area contributed by atoms with Crippen LogP contribution in [-0.4, -0.2) is 43.3 Å². The molecule has 0 radical (unpaired) electrons. The second kappa shape index (κ2) is 7.27. The molecule has 2 rings (SSSR count). The lowest BCUT2D eigenvalue weighted by Gasteiger charge is -2.35. The fourth-order valence-corrected chi connectivity index (χ4v) is 2.61. The summed E-state index contributed by atoms with van der Waals surface area (Å²) < 4.78 is 11.6. The maximum atomic E-state index is 6.12. The van der Waals surface area contributed by atoms with Gasteiger partial charge in [0, 0.05) is 36.3 Å². The van der Waals surface area contributed by atoms with Gasteiger partial charge in [-0.1, -0.05) is 17.7 Å². The van der Waals surface area contributed by atoms with Crippen molar-refractivity contribution in [2.45, 2.75) is 32.5 Å². The highest BCUT2D eigenvalue weighted by Crippen LogP contribution is 2.26. The van der Waals surface area contributed by atoms with E-state index in [9.17, 15) is 0 Å². The summed E-state index contributed by atoms with van der Waals surface area (Å²) in [6, 6.07) is 6.14. The van der Waals surface area contributed by atoms with Crippen molar-refractivity contribution in [1.29, 1.82) is 0 Å². The van der Waals surface area contributed by atoms with Gasteiger partial charge in [0.1, 0.15) is 18.5 Å². The largest absolute Gasteiger partial charge is 0.490 e. The van der Waals surface area contributed by atoms with Crippen LogP contribution in [0.25, 0.3) is 0 Å². The smallest absolute Gasteiger partial charge is 0.125 e. The molecule has 2 N–H and O–H groups in total. The third-order valence-electron chi connectivity index (χ3n) is 3.61. The first-order valence-electron chi connectivity index (χ1n) is 7.07. The van der Waals surface area contributed by atoms with E-state index in [0.29, 0.717) is 24.2 Å². The van der Waals surface area contributed by atoms with E-state index < -0.39 is 0 Å². The zero-order valence-electron chi connectivity index (χ0n) is 12.1. The Morgan fingerprint density at radius 1 is 1.50 bits per heavy atom. The average Bonchev–Trinajstić information content (AvgIpc) is 2.45. The first-order chi connectivity index (χ1) is 9.61. The van der Waals surface area contributed by atoms with Crippen molar-refractivity contribution in [3.8, 4) is 5.75 Å². The number of ether oxygens (including phenoxy) is 2. The van der Waals surface area contributed by atoms with Gasteiger partial charge in [-0.15, -0.1) is 0 Å². The molecule has 5 heteroatoms. The molecular formula is C15H23ClN2O2. The van der Waals surface area contributed by atoms with E-state index in [0.717, 1.165) is 31.0 Å². The van der Waals surface area contributed by atoms with Gasteiger partial charge >= 0.3 is 0 Å². The highest BCUT2D eigenvalue weighted by Gasteiger charge is 2.23. The van der Waals surface area contributed by atoms with E-state index in [1.807, 2.05) is 18.2 Å². The fraction of sp³-hybridized carbons (Fsp3) is 0.600. The van der Waals surface area contributed by atoms with E-state index in [-0.39, 0.29) is 6.10 Å². The van der Waals surface area contributed by atoms with Gasteiger partial charge in [0.15, 0.2) is 0 Å². The SMILES string of the molecule is CC(C)N1CCOC(COc2cccc(Cl)c2CN)C1. The van der Waals surface area contributed by atoms with Crippen molar-refractivity contribution in [1.82, 2.24) is 4.90 Å².